The summed E-state index contributed by atoms with van der Waals surface area (Å²) in [6.07, 6.45) is 7.51. The van der Waals surface area contributed by atoms with Crippen LogP contribution in [0.4, 0.5) is 0 Å². The van der Waals surface area contributed by atoms with Crippen molar-refractivity contribution >= 4 is 5.91 Å². The van der Waals surface area contributed by atoms with E-state index < -0.39 is 0 Å². The van der Waals surface area contributed by atoms with E-state index in [4.69, 9.17) is 0 Å². The summed E-state index contributed by atoms with van der Waals surface area (Å²) in [5.74, 6) is 1.03. The van der Waals surface area contributed by atoms with E-state index >= 15 is 0 Å². The van der Waals surface area contributed by atoms with Crippen molar-refractivity contribution in [3.63, 3.8) is 0 Å². The molecule has 118 valence electrons. The van der Waals surface area contributed by atoms with E-state index in [9.17, 15) is 4.79 Å². The van der Waals surface area contributed by atoms with Crippen molar-refractivity contribution in [2.45, 2.75) is 71.1 Å². The van der Waals surface area contributed by atoms with Gasteiger partial charge in [0.15, 0.2) is 0 Å². The lowest BCUT2D eigenvalue weighted by atomic mass is 10.2. The summed E-state index contributed by atoms with van der Waals surface area (Å²) in [7, 11) is 1.96. The molecule has 6 heteroatoms. The van der Waals surface area contributed by atoms with Crippen molar-refractivity contribution in [2.75, 3.05) is 7.05 Å². The van der Waals surface area contributed by atoms with Crippen molar-refractivity contribution in [1.29, 1.82) is 0 Å². The summed E-state index contributed by atoms with van der Waals surface area (Å²) in [4.78, 5) is 14.3. The third-order valence-electron chi connectivity index (χ3n) is 4.29. The molecule has 0 spiro atoms. The number of amides is 1. The van der Waals surface area contributed by atoms with Crippen LogP contribution in [0.25, 0.3) is 0 Å². The average Bonchev–Trinajstić information content (AvgIpc) is 3.11. The maximum atomic E-state index is 12.3. The average molecular weight is 293 g/mol. The maximum absolute atomic E-state index is 12.3. The molecule has 0 aromatic carbocycles. The monoisotopic (exact) mass is 293 g/mol. The Morgan fingerprint density at radius 1 is 1.52 bits per heavy atom. The highest BCUT2D eigenvalue weighted by molar-refractivity contribution is 5.81. The number of nitrogens with zero attached hydrogens (tertiary/aromatic N) is 4. The van der Waals surface area contributed by atoms with E-state index in [1.165, 1.54) is 12.8 Å². The van der Waals surface area contributed by atoms with Crippen molar-refractivity contribution in [3.05, 3.63) is 12.2 Å². The maximum Gasteiger partial charge on any atom is 0.237 e. The molecule has 2 rings (SSSR count). The molecular weight excluding hydrogens is 266 g/mol. The second kappa shape index (κ2) is 7.54. The number of carbonyl (C=O) groups is 1. The van der Waals surface area contributed by atoms with Crippen LogP contribution in [0.2, 0.25) is 0 Å². The fraction of sp³-hybridized carbons (Fsp3) is 0.800. The number of likely N-dealkylation sites (N-methyl/N-ethyl adjacent to an activating group) is 1. The Hall–Kier alpha value is -1.43. The highest BCUT2D eigenvalue weighted by Crippen LogP contribution is 2.18. The lowest BCUT2D eigenvalue weighted by Gasteiger charge is -2.25. The lowest BCUT2D eigenvalue weighted by Crippen LogP contribution is -2.46. The zero-order valence-electron chi connectivity index (χ0n) is 13.4. The molecule has 1 amide bonds. The van der Waals surface area contributed by atoms with Gasteiger partial charge in [0, 0.05) is 12.6 Å². The number of rotatable bonds is 7. The predicted octanol–water partition coefficient (Wildman–Crippen LogP) is 1.57. The smallest absolute Gasteiger partial charge is 0.237 e. The van der Waals surface area contributed by atoms with E-state index in [-0.39, 0.29) is 11.9 Å². The molecule has 0 saturated heterocycles. The first-order valence-corrected chi connectivity index (χ1v) is 7.99. The molecule has 0 aliphatic heterocycles. The van der Waals surface area contributed by atoms with Crippen LogP contribution in [0.1, 0.15) is 51.8 Å². The first kappa shape index (κ1) is 15.9. The molecule has 1 aromatic heterocycles. The second-order valence-corrected chi connectivity index (χ2v) is 6.02. The van der Waals surface area contributed by atoms with Gasteiger partial charge in [-0.15, -0.1) is 10.2 Å². The zero-order valence-corrected chi connectivity index (χ0v) is 13.4. The Balaban J connectivity index is 1.87. The molecule has 1 fully saturated rings. The van der Waals surface area contributed by atoms with Gasteiger partial charge in [-0.3, -0.25) is 9.69 Å². The summed E-state index contributed by atoms with van der Waals surface area (Å²) in [6, 6.07) is 0.217. The van der Waals surface area contributed by atoms with Gasteiger partial charge in [0.25, 0.3) is 0 Å². The van der Waals surface area contributed by atoms with Gasteiger partial charge in [0.05, 0.1) is 12.6 Å². The molecule has 6 nitrogen and oxygen atoms in total. The van der Waals surface area contributed by atoms with E-state index in [1.807, 2.05) is 18.9 Å². The molecule has 1 saturated carbocycles. The summed E-state index contributed by atoms with van der Waals surface area (Å²) in [5, 5.41) is 11.3. The fourth-order valence-electron chi connectivity index (χ4n) is 2.78. The highest BCUT2D eigenvalue weighted by atomic mass is 16.2. The van der Waals surface area contributed by atoms with Gasteiger partial charge in [-0.05, 0) is 33.2 Å². The van der Waals surface area contributed by atoms with E-state index in [0.29, 0.717) is 12.6 Å². The molecule has 0 radical (unpaired) electrons. The normalized spacial score (nSPS) is 17.3. The molecule has 1 aliphatic carbocycles. The summed E-state index contributed by atoms with van der Waals surface area (Å²) in [6.45, 7) is 5.63. The van der Waals surface area contributed by atoms with Crippen molar-refractivity contribution < 1.29 is 4.79 Å². The molecule has 0 bridgehead atoms. The number of nitrogens with one attached hydrogen (secondary N) is 1. The van der Waals surface area contributed by atoms with Crippen LogP contribution in [0.3, 0.4) is 0 Å². The summed E-state index contributed by atoms with van der Waals surface area (Å²) in [5.41, 5.74) is 0. The number of hydrogen-bond acceptors (Lipinski definition) is 4. The van der Waals surface area contributed by atoms with Gasteiger partial charge < -0.3 is 9.88 Å². The van der Waals surface area contributed by atoms with Crippen LogP contribution in [-0.4, -0.2) is 44.7 Å². The molecule has 1 aliphatic rings. The van der Waals surface area contributed by atoms with Crippen molar-refractivity contribution in [1.82, 2.24) is 25.0 Å². The Morgan fingerprint density at radius 2 is 2.24 bits per heavy atom. The van der Waals surface area contributed by atoms with Crippen LogP contribution < -0.4 is 5.32 Å². The number of aryl methyl sites for hydroxylation is 1. The Kier molecular flexibility index (Phi) is 5.73. The van der Waals surface area contributed by atoms with Gasteiger partial charge in [0.1, 0.15) is 12.2 Å². The Morgan fingerprint density at radius 3 is 2.90 bits per heavy atom. The van der Waals surface area contributed by atoms with Gasteiger partial charge in [-0.2, -0.15) is 0 Å². The van der Waals surface area contributed by atoms with Gasteiger partial charge in [0.2, 0.25) is 5.91 Å². The van der Waals surface area contributed by atoms with E-state index in [1.54, 1.807) is 6.33 Å². The van der Waals surface area contributed by atoms with Crippen LogP contribution in [0.5, 0.6) is 0 Å². The summed E-state index contributed by atoms with van der Waals surface area (Å²) < 4.78 is 2.05. The van der Waals surface area contributed by atoms with E-state index in [0.717, 1.165) is 31.6 Å². The minimum atomic E-state index is -0.155. The van der Waals surface area contributed by atoms with Crippen LogP contribution in [0.15, 0.2) is 6.33 Å². The van der Waals surface area contributed by atoms with Gasteiger partial charge in [-0.1, -0.05) is 19.8 Å². The van der Waals surface area contributed by atoms with Crippen LogP contribution in [0, 0.1) is 0 Å². The lowest BCUT2D eigenvalue weighted by molar-refractivity contribution is -0.126. The highest BCUT2D eigenvalue weighted by Gasteiger charge is 2.23. The number of carbonyl (C=O) groups excluding carboxylic acids is 1. The quantitative estimate of drug-likeness (QED) is 0.829. The standard InChI is InChI=1S/C15H27N5O/c1-4-9-20-11-16-18-14(20)10-19(3)12(2)15(21)17-13-7-5-6-8-13/h11-13H,4-10H2,1-3H3,(H,17,21). The minimum absolute atomic E-state index is 0.117. The number of hydrogen-bond donors (Lipinski definition) is 1. The van der Waals surface area contributed by atoms with Crippen LogP contribution in [-0.2, 0) is 17.9 Å². The van der Waals surface area contributed by atoms with Crippen molar-refractivity contribution in [3.8, 4) is 0 Å². The summed E-state index contributed by atoms with van der Waals surface area (Å²) >= 11 is 0. The topological polar surface area (TPSA) is 63.1 Å². The Bertz CT molecular complexity index is 453. The first-order chi connectivity index (χ1) is 10.1. The molecule has 1 N–H and O–H groups in total. The molecule has 1 atom stereocenters. The minimum Gasteiger partial charge on any atom is -0.352 e. The predicted molar refractivity (Wildman–Crippen MR) is 81.6 cm³/mol. The number of aromatic nitrogens is 3. The molecular formula is C15H27N5O. The third-order valence-corrected chi connectivity index (χ3v) is 4.29. The van der Waals surface area contributed by atoms with Gasteiger partial charge in [-0.25, -0.2) is 0 Å². The SMILES string of the molecule is CCCn1cnnc1CN(C)C(C)C(=O)NC1CCCC1. The van der Waals surface area contributed by atoms with Crippen LogP contribution >= 0.6 is 0 Å². The largest absolute Gasteiger partial charge is 0.352 e. The zero-order chi connectivity index (χ0) is 15.2. The van der Waals surface area contributed by atoms with Crippen molar-refractivity contribution in [2.24, 2.45) is 0 Å². The Labute approximate surface area is 126 Å². The molecule has 1 unspecified atom stereocenters. The second-order valence-electron chi connectivity index (χ2n) is 6.02. The third kappa shape index (κ3) is 4.27. The molecule has 21 heavy (non-hydrogen) atoms. The van der Waals surface area contributed by atoms with Gasteiger partial charge >= 0.3 is 0 Å². The molecule has 1 heterocycles. The molecule has 1 aromatic rings. The fourth-order valence-corrected chi connectivity index (χ4v) is 2.78. The van der Waals surface area contributed by atoms with E-state index in [2.05, 4.69) is 27.0 Å². The first-order valence-electron chi connectivity index (χ1n) is 7.99.